The second kappa shape index (κ2) is 16.3. The van der Waals surface area contributed by atoms with Gasteiger partial charge in [0.05, 0.1) is 6.04 Å². The molecule has 12 nitrogen and oxygen atoms in total. The van der Waals surface area contributed by atoms with Crippen LogP contribution in [0.3, 0.4) is 0 Å². The third-order valence-electron chi connectivity index (χ3n) is 5.73. The Morgan fingerprint density at radius 1 is 0.838 bits per heavy atom. The van der Waals surface area contributed by atoms with E-state index in [2.05, 4.69) is 16.0 Å². The number of amides is 3. The molecule has 0 heterocycles. The lowest BCUT2D eigenvalue weighted by Gasteiger charge is -2.27. The minimum absolute atomic E-state index is 0.0877. The Balaban J connectivity index is 3.03. The number of carbonyl (C=O) groups excluding carboxylic acids is 3. The highest BCUT2D eigenvalue weighted by Gasteiger charge is 2.31. The fourth-order valence-electron chi connectivity index (χ4n) is 3.55. The van der Waals surface area contributed by atoms with Crippen LogP contribution in [-0.2, 0) is 30.4 Å². The van der Waals surface area contributed by atoms with Gasteiger partial charge in [0.2, 0.25) is 17.7 Å². The Morgan fingerprint density at radius 3 is 2.00 bits per heavy atom. The molecule has 0 aliphatic heterocycles. The van der Waals surface area contributed by atoms with Gasteiger partial charge < -0.3 is 37.6 Å². The van der Waals surface area contributed by atoms with E-state index in [0.29, 0.717) is 19.4 Å². The van der Waals surface area contributed by atoms with Crippen molar-refractivity contribution in [3.05, 3.63) is 35.9 Å². The van der Waals surface area contributed by atoms with E-state index in [0.717, 1.165) is 5.56 Å². The standard InChI is InChI=1S/C25H39N5O7/c1-15(2)21(30-22(33)17(27)11-12-20(31)32)24(35)29-19(14-16-8-4-3-5-9-16)23(34)28-18(25(36)37)10-6-7-13-26/h3-5,8-9,15,17-19,21H,6-7,10-14,26-27H2,1-2H3,(H,28,34)(H,29,35)(H,30,33)(H,31,32)(H,36,37). The molecule has 0 aromatic heterocycles. The predicted molar refractivity (Wildman–Crippen MR) is 136 cm³/mol. The summed E-state index contributed by atoms with van der Waals surface area (Å²) in [5, 5.41) is 26.0. The van der Waals surface area contributed by atoms with Crippen molar-refractivity contribution in [2.24, 2.45) is 17.4 Å². The smallest absolute Gasteiger partial charge is 0.326 e. The molecule has 9 N–H and O–H groups in total. The van der Waals surface area contributed by atoms with Crippen LogP contribution in [0.25, 0.3) is 0 Å². The van der Waals surface area contributed by atoms with Crippen LogP contribution >= 0.6 is 0 Å². The summed E-state index contributed by atoms with van der Waals surface area (Å²) in [4.78, 5) is 61.2. The molecule has 1 aromatic carbocycles. The van der Waals surface area contributed by atoms with Crippen LogP contribution in [0.5, 0.6) is 0 Å². The van der Waals surface area contributed by atoms with Gasteiger partial charge in [-0.25, -0.2) is 4.79 Å². The molecule has 0 aliphatic carbocycles. The number of unbranched alkanes of at least 4 members (excludes halogenated alkanes) is 1. The van der Waals surface area contributed by atoms with E-state index < -0.39 is 53.8 Å². The zero-order valence-electron chi connectivity index (χ0n) is 21.3. The molecule has 4 atom stereocenters. The van der Waals surface area contributed by atoms with Gasteiger partial charge in [0.1, 0.15) is 18.1 Å². The number of hydrogen-bond donors (Lipinski definition) is 7. The second-order valence-electron chi connectivity index (χ2n) is 9.20. The first-order valence-corrected chi connectivity index (χ1v) is 12.3. The highest BCUT2D eigenvalue weighted by molar-refractivity contribution is 5.94. The molecular formula is C25H39N5O7. The van der Waals surface area contributed by atoms with Crippen molar-refractivity contribution in [3.63, 3.8) is 0 Å². The Kier molecular flexibility index (Phi) is 13.9. The number of carboxylic acid groups (broad SMARTS) is 2. The third kappa shape index (κ3) is 11.8. The zero-order valence-corrected chi connectivity index (χ0v) is 21.3. The molecule has 0 radical (unpaired) electrons. The van der Waals surface area contributed by atoms with Crippen LogP contribution < -0.4 is 27.4 Å². The number of rotatable bonds is 17. The van der Waals surface area contributed by atoms with Crippen molar-refractivity contribution in [3.8, 4) is 0 Å². The van der Waals surface area contributed by atoms with Crippen LogP contribution in [-0.4, -0.2) is 70.6 Å². The summed E-state index contributed by atoms with van der Waals surface area (Å²) in [5.74, 6) is -4.70. The summed E-state index contributed by atoms with van der Waals surface area (Å²) < 4.78 is 0. The van der Waals surface area contributed by atoms with Crippen molar-refractivity contribution in [1.82, 2.24) is 16.0 Å². The monoisotopic (exact) mass is 521 g/mol. The number of nitrogens with two attached hydrogens (primary N) is 2. The fourth-order valence-corrected chi connectivity index (χ4v) is 3.55. The zero-order chi connectivity index (χ0) is 28.0. The maximum absolute atomic E-state index is 13.2. The third-order valence-corrected chi connectivity index (χ3v) is 5.73. The molecule has 1 aromatic rings. The summed E-state index contributed by atoms with van der Waals surface area (Å²) in [7, 11) is 0. The molecule has 37 heavy (non-hydrogen) atoms. The van der Waals surface area contributed by atoms with Gasteiger partial charge in [-0.1, -0.05) is 44.2 Å². The molecule has 4 unspecified atom stereocenters. The maximum atomic E-state index is 13.2. The highest BCUT2D eigenvalue weighted by atomic mass is 16.4. The van der Waals surface area contributed by atoms with Gasteiger partial charge in [-0.2, -0.15) is 0 Å². The van der Waals surface area contributed by atoms with Crippen molar-refractivity contribution < 1.29 is 34.2 Å². The quantitative estimate of drug-likeness (QED) is 0.134. The Morgan fingerprint density at radius 2 is 1.46 bits per heavy atom. The van der Waals surface area contributed by atoms with Crippen molar-refractivity contribution >= 4 is 29.7 Å². The molecule has 0 saturated carbocycles. The molecule has 0 bridgehead atoms. The fraction of sp³-hybridized carbons (Fsp3) is 0.560. The summed E-state index contributed by atoms with van der Waals surface area (Å²) in [5.41, 5.74) is 12.0. The molecule has 0 fully saturated rings. The summed E-state index contributed by atoms with van der Waals surface area (Å²) in [6.07, 6.45) is 0.977. The molecule has 0 spiro atoms. The average Bonchev–Trinajstić information content (AvgIpc) is 2.84. The lowest BCUT2D eigenvalue weighted by Crippen LogP contribution is -2.58. The van der Waals surface area contributed by atoms with Crippen LogP contribution in [0.1, 0.15) is 51.5 Å². The Hall–Kier alpha value is -3.51. The van der Waals surface area contributed by atoms with E-state index in [-0.39, 0.29) is 31.6 Å². The molecule has 12 heteroatoms. The first-order chi connectivity index (χ1) is 17.5. The van der Waals surface area contributed by atoms with Gasteiger partial charge in [0.15, 0.2) is 0 Å². The van der Waals surface area contributed by atoms with Crippen LogP contribution in [0.4, 0.5) is 0 Å². The lowest BCUT2D eigenvalue weighted by atomic mass is 10.00. The van der Waals surface area contributed by atoms with Crippen LogP contribution in [0.15, 0.2) is 30.3 Å². The number of carboxylic acids is 2. The van der Waals surface area contributed by atoms with Gasteiger partial charge in [-0.3, -0.25) is 19.2 Å². The van der Waals surface area contributed by atoms with E-state index >= 15 is 0 Å². The molecule has 206 valence electrons. The van der Waals surface area contributed by atoms with Crippen molar-refractivity contribution in [2.75, 3.05) is 6.54 Å². The van der Waals surface area contributed by atoms with Gasteiger partial charge >= 0.3 is 11.9 Å². The predicted octanol–water partition coefficient (Wildman–Crippen LogP) is -0.255. The van der Waals surface area contributed by atoms with Crippen LogP contribution in [0.2, 0.25) is 0 Å². The van der Waals surface area contributed by atoms with Gasteiger partial charge in [-0.15, -0.1) is 0 Å². The van der Waals surface area contributed by atoms with Gasteiger partial charge in [0, 0.05) is 12.8 Å². The number of benzene rings is 1. The normalized spacial score (nSPS) is 14.2. The second-order valence-corrected chi connectivity index (χ2v) is 9.20. The minimum atomic E-state index is -1.20. The van der Waals surface area contributed by atoms with Gasteiger partial charge in [0.25, 0.3) is 0 Å². The number of carbonyl (C=O) groups is 5. The van der Waals surface area contributed by atoms with E-state index in [1.54, 1.807) is 44.2 Å². The topological polar surface area (TPSA) is 214 Å². The first kappa shape index (κ1) is 31.5. The number of nitrogens with one attached hydrogen (secondary N) is 3. The molecule has 3 amide bonds. The molecule has 1 rings (SSSR count). The Bertz CT molecular complexity index is 910. The minimum Gasteiger partial charge on any atom is -0.481 e. The number of aliphatic carboxylic acids is 2. The highest BCUT2D eigenvalue weighted by Crippen LogP contribution is 2.09. The van der Waals surface area contributed by atoms with E-state index in [9.17, 15) is 29.1 Å². The lowest BCUT2D eigenvalue weighted by molar-refractivity contribution is -0.142. The Labute approximate surface area is 216 Å². The summed E-state index contributed by atoms with van der Waals surface area (Å²) in [6, 6.07) is 4.42. The van der Waals surface area contributed by atoms with Crippen LogP contribution in [0, 0.1) is 5.92 Å². The van der Waals surface area contributed by atoms with Crippen molar-refractivity contribution in [2.45, 2.75) is 76.5 Å². The van der Waals surface area contributed by atoms with Gasteiger partial charge in [-0.05, 0) is 43.7 Å². The van der Waals surface area contributed by atoms with E-state index in [4.69, 9.17) is 16.6 Å². The summed E-state index contributed by atoms with van der Waals surface area (Å²) in [6.45, 7) is 3.78. The van der Waals surface area contributed by atoms with E-state index in [1.165, 1.54) is 0 Å². The molecular weight excluding hydrogens is 482 g/mol. The average molecular weight is 522 g/mol. The van der Waals surface area contributed by atoms with E-state index in [1.807, 2.05) is 0 Å². The first-order valence-electron chi connectivity index (χ1n) is 12.3. The van der Waals surface area contributed by atoms with Crippen molar-refractivity contribution in [1.29, 1.82) is 0 Å². The maximum Gasteiger partial charge on any atom is 0.326 e. The number of hydrogen-bond acceptors (Lipinski definition) is 7. The summed E-state index contributed by atoms with van der Waals surface area (Å²) >= 11 is 0. The molecule has 0 saturated heterocycles. The largest absolute Gasteiger partial charge is 0.481 e. The SMILES string of the molecule is CC(C)C(NC(=O)C(N)CCC(=O)O)C(=O)NC(Cc1ccccc1)C(=O)NC(CCCCN)C(=O)O. The molecule has 0 aliphatic rings.